The Morgan fingerprint density at radius 3 is 2.84 bits per heavy atom. The van der Waals surface area contributed by atoms with Gasteiger partial charge in [0.05, 0.1) is 18.8 Å². The summed E-state index contributed by atoms with van der Waals surface area (Å²) in [5.74, 6) is 0.526. The number of nitrogens with zero attached hydrogens (tertiary/aromatic N) is 3. The number of pyridine rings is 1. The number of carbonyl (C=O) groups excluding carboxylic acids is 1. The number of carbonyl (C=O) groups is 1. The molecular formula is C22H21N4O5-. The number of aliphatic carboxylic acids is 1. The van der Waals surface area contributed by atoms with E-state index < -0.39 is 5.97 Å². The zero-order valence-electron chi connectivity index (χ0n) is 17.3. The van der Waals surface area contributed by atoms with Crippen molar-refractivity contribution in [2.45, 2.75) is 32.8 Å². The maximum absolute atomic E-state index is 10.7. The van der Waals surface area contributed by atoms with Gasteiger partial charge in [-0.3, -0.25) is 0 Å². The summed E-state index contributed by atoms with van der Waals surface area (Å²) < 4.78 is 16.4. The SMILES string of the molecule is COc1cc(-c2nc(-c3ccc4c(CCC(=O)[O-])c[nH]c4c3)no2)cnc1OC(C)C. The number of nitrogens with one attached hydrogen (secondary N) is 1. The van der Waals surface area contributed by atoms with Crippen molar-refractivity contribution in [3.05, 3.63) is 42.2 Å². The van der Waals surface area contributed by atoms with Crippen molar-refractivity contribution >= 4 is 16.9 Å². The van der Waals surface area contributed by atoms with E-state index in [1.54, 1.807) is 25.6 Å². The number of ether oxygens (including phenoxy) is 2. The molecule has 0 saturated carbocycles. The first kappa shape index (κ1) is 20.4. The summed E-state index contributed by atoms with van der Waals surface area (Å²) >= 11 is 0. The number of aromatic nitrogens is 4. The van der Waals surface area contributed by atoms with Crippen LogP contribution in [0, 0.1) is 0 Å². The van der Waals surface area contributed by atoms with Gasteiger partial charge in [0.1, 0.15) is 0 Å². The van der Waals surface area contributed by atoms with Crippen molar-refractivity contribution in [3.63, 3.8) is 0 Å². The van der Waals surface area contributed by atoms with Crippen LogP contribution >= 0.6 is 0 Å². The second kappa shape index (κ2) is 8.47. The normalized spacial score (nSPS) is 11.2. The maximum atomic E-state index is 10.7. The van der Waals surface area contributed by atoms with E-state index in [2.05, 4.69) is 20.1 Å². The van der Waals surface area contributed by atoms with Crippen molar-refractivity contribution in [1.82, 2.24) is 20.1 Å². The van der Waals surface area contributed by atoms with E-state index in [1.807, 2.05) is 32.0 Å². The number of benzene rings is 1. The fourth-order valence-corrected chi connectivity index (χ4v) is 3.23. The number of methoxy groups -OCH3 is 1. The lowest BCUT2D eigenvalue weighted by molar-refractivity contribution is -0.305. The van der Waals surface area contributed by atoms with Crippen molar-refractivity contribution in [2.75, 3.05) is 7.11 Å². The fourth-order valence-electron chi connectivity index (χ4n) is 3.23. The minimum absolute atomic E-state index is 0.0264. The molecule has 4 aromatic rings. The number of rotatable bonds is 8. The van der Waals surface area contributed by atoms with Crippen LogP contribution in [-0.4, -0.2) is 39.3 Å². The molecule has 0 spiro atoms. The Morgan fingerprint density at radius 1 is 1.26 bits per heavy atom. The molecule has 4 rings (SSSR count). The summed E-state index contributed by atoms with van der Waals surface area (Å²) in [6, 6.07) is 7.40. The number of carboxylic acid groups (broad SMARTS) is 1. The van der Waals surface area contributed by atoms with Crippen molar-refractivity contribution in [3.8, 4) is 34.5 Å². The highest BCUT2D eigenvalue weighted by molar-refractivity contribution is 5.87. The molecule has 0 aliphatic heterocycles. The Kier molecular flexibility index (Phi) is 5.57. The molecule has 160 valence electrons. The number of fused-ring (bicyclic) bond motifs is 1. The Balaban J connectivity index is 1.60. The Morgan fingerprint density at radius 2 is 2.10 bits per heavy atom. The molecule has 1 aromatic carbocycles. The predicted octanol–water partition coefficient (Wildman–Crippen LogP) is 2.76. The predicted molar refractivity (Wildman–Crippen MR) is 110 cm³/mol. The third-order valence-corrected chi connectivity index (χ3v) is 4.68. The van der Waals surface area contributed by atoms with Crippen molar-refractivity contribution in [2.24, 2.45) is 0 Å². The van der Waals surface area contributed by atoms with Gasteiger partial charge in [0, 0.05) is 40.9 Å². The quantitative estimate of drug-likeness (QED) is 0.460. The van der Waals surface area contributed by atoms with Crippen LogP contribution in [0.1, 0.15) is 25.8 Å². The van der Waals surface area contributed by atoms with Gasteiger partial charge in [0.2, 0.25) is 5.82 Å². The number of H-pyrrole nitrogens is 1. The van der Waals surface area contributed by atoms with Gasteiger partial charge in [-0.15, -0.1) is 0 Å². The average molecular weight is 421 g/mol. The minimum Gasteiger partial charge on any atom is -0.550 e. The molecule has 0 amide bonds. The van der Waals surface area contributed by atoms with Gasteiger partial charge in [0.25, 0.3) is 11.8 Å². The minimum atomic E-state index is -1.07. The van der Waals surface area contributed by atoms with E-state index >= 15 is 0 Å². The molecule has 9 nitrogen and oxygen atoms in total. The van der Waals surface area contributed by atoms with Crippen molar-refractivity contribution in [1.29, 1.82) is 0 Å². The van der Waals surface area contributed by atoms with Crippen LogP contribution in [0.15, 0.2) is 41.2 Å². The summed E-state index contributed by atoms with van der Waals surface area (Å²) in [6.07, 6.45) is 3.74. The molecule has 0 radical (unpaired) electrons. The van der Waals surface area contributed by atoms with Gasteiger partial charge in [-0.05, 0) is 38.3 Å². The highest BCUT2D eigenvalue weighted by Gasteiger charge is 2.16. The monoisotopic (exact) mass is 421 g/mol. The first-order valence-electron chi connectivity index (χ1n) is 9.79. The third kappa shape index (κ3) is 4.35. The van der Waals surface area contributed by atoms with Crippen LogP contribution in [-0.2, 0) is 11.2 Å². The standard InChI is InChI=1S/C22H22N4O5/c1-12(2)30-22-18(29-3)9-15(11-24-22)21-25-20(26-31-21)13-4-6-16-14(5-7-19(27)28)10-23-17(16)8-13/h4,6,8-12,23H,5,7H2,1-3H3,(H,27,28)/p-1. The number of aromatic amines is 1. The molecule has 9 heteroatoms. The molecule has 0 aliphatic rings. The molecule has 0 saturated heterocycles. The zero-order chi connectivity index (χ0) is 22.0. The van der Waals surface area contributed by atoms with Gasteiger partial charge >= 0.3 is 0 Å². The fraction of sp³-hybridized carbons (Fsp3) is 0.273. The van der Waals surface area contributed by atoms with Gasteiger partial charge in [-0.25, -0.2) is 4.98 Å². The van der Waals surface area contributed by atoms with Crippen LogP contribution in [0.5, 0.6) is 11.6 Å². The molecule has 3 heterocycles. The highest BCUT2D eigenvalue weighted by atomic mass is 16.5. The van der Waals surface area contributed by atoms with Gasteiger partial charge in [-0.1, -0.05) is 17.3 Å². The number of carboxylic acids is 1. The number of hydrogen-bond donors (Lipinski definition) is 1. The summed E-state index contributed by atoms with van der Waals surface area (Å²) in [4.78, 5) is 22.7. The van der Waals surface area contributed by atoms with E-state index in [0.717, 1.165) is 22.0 Å². The summed E-state index contributed by atoms with van der Waals surface area (Å²) in [7, 11) is 1.54. The number of aryl methyl sites for hydroxylation is 1. The van der Waals surface area contributed by atoms with Crippen LogP contribution in [0.25, 0.3) is 33.7 Å². The summed E-state index contributed by atoms with van der Waals surface area (Å²) in [5.41, 5.74) is 3.14. The van der Waals surface area contributed by atoms with E-state index in [4.69, 9.17) is 14.0 Å². The summed E-state index contributed by atoms with van der Waals surface area (Å²) in [5, 5.41) is 15.8. The second-order valence-electron chi connectivity index (χ2n) is 7.27. The maximum Gasteiger partial charge on any atom is 0.259 e. The lowest BCUT2D eigenvalue weighted by atomic mass is 10.1. The molecule has 31 heavy (non-hydrogen) atoms. The largest absolute Gasteiger partial charge is 0.550 e. The van der Waals surface area contributed by atoms with E-state index in [-0.39, 0.29) is 12.5 Å². The molecule has 0 bridgehead atoms. The second-order valence-corrected chi connectivity index (χ2v) is 7.27. The molecule has 0 atom stereocenters. The topological polar surface area (TPSA) is 126 Å². The lowest BCUT2D eigenvalue weighted by Gasteiger charge is -2.12. The zero-order valence-corrected chi connectivity index (χ0v) is 17.3. The van der Waals surface area contributed by atoms with Crippen LogP contribution in [0.3, 0.4) is 0 Å². The Labute approximate surface area is 178 Å². The molecule has 3 aromatic heterocycles. The number of hydrogen-bond acceptors (Lipinski definition) is 8. The molecule has 0 aliphatic carbocycles. The lowest BCUT2D eigenvalue weighted by Crippen LogP contribution is -2.22. The first-order chi connectivity index (χ1) is 14.9. The van der Waals surface area contributed by atoms with Crippen molar-refractivity contribution < 1.29 is 23.9 Å². The molecule has 0 fully saturated rings. The Bertz CT molecular complexity index is 1230. The third-order valence-electron chi connectivity index (χ3n) is 4.68. The summed E-state index contributed by atoms with van der Waals surface area (Å²) in [6.45, 7) is 3.82. The van der Waals surface area contributed by atoms with E-state index in [9.17, 15) is 9.90 Å². The highest BCUT2D eigenvalue weighted by Crippen LogP contribution is 2.31. The smallest absolute Gasteiger partial charge is 0.259 e. The van der Waals surface area contributed by atoms with E-state index in [1.165, 1.54) is 0 Å². The molecule has 1 N–H and O–H groups in total. The van der Waals surface area contributed by atoms with Gasteiger partial charge < -0.3 is 28.9 Å². The van der Waals surface area contributed by atoms with Crippen LogP contribution < -0.4 is 14.6 Å². The van der Waals surface area contributed by atoms with Gasteiger partial charge in [0.15, 0.2) is 5.75 Å². The van der Waals surface area contributed by atoms with Gasteiger partial charge in [-0.2, -0.15) is 4.98 Å². The van der Waals surface area contributed by atoms with E-state index in [0.29, 0.717) is 35.3 Å². The molecular weight excluding hydrogens is 400 g/mol. The first-order valence-corrected chi connectivity index (χ1v) is 9.79. The van der Waals surface area contributed by atoms with Crippen LogP contribution in [0.2, 0.25) is 0 Å². The average Bonchev–Trinajstić information content (AvgIpc) is 3.39. The Hall–Kier alpha value is -3.88. The van der Waals surface area contributed by atoms with Crippen LogP contribution in [0.4, 0.5) is 0 Å². The molecule has 0 unspecified atom stereocenters.